The van der Waals surface area contributed by atoms with Crippen LogP contribution >= 0.6 is 12.2 Å². The molecule has 1 aromatic carbocycles. The Bertz CT molecular complexity index is 348. The summed E-state index contributed by atoms with van der Waals surface area (Å²) in [5.41, 5.74) is 6.64. The molecular formula is C15H23NOS. The van der Waals surface area contributed by atoms with Crippen LogP contribution in [0.5, 0.6) is 5.75 Å². The van der Waals surface area contributed by atoms with Gasteiger partial charge in [0.15, 0.2) is 0 Å². The summed E-state index contributed by atoms with van der Waals surface area (Å²) >= 11 is 4.88. The van der Waals surface area contributed by atoms with Crippen molar-refractivity contribution in [2.45, 2.75) is 45.4 Å². The summed E-state index contributed by atoms with van der Waals surface area (Å²) < 4.78 is 5.68. The van der Waals surface area contributed by atoms with Crippen LogP contribution in [0.15, 0.2) is 24.3 Å². The Morgan fingerprint density at radius 2 is 1.78 bits per heavy atom. The predicted molar refractivity (Wildman–Crippen MR) is 81.2 cm³/mol. The number of hydrogen-bond donors (Lipinski definition) is 1. The van der Waals surface area contributed by atoms with Crippen LogP contribution in [0.25, 0.3) is 0 Å². The first-order valence-corrected chi connectivity index (χ1v) is 7.13. The minimum Gasteiger partial charge on any atom is -0.494 e. The van der Waals surface area contributed by atoms with Crippen LogP contribution in [0, 0.1) is 0 Å². The van der Waals surface area contributed by atoms with Gasteiger partial charge in [0, 0.05) is 6.42 Å². The van der Waals surface area contributed by atoms with Crippen molar-refractivity contribution in [3.8, 4) is 5.75 Å². The summed E-state index contributed by atoms with van der Waals surface area (Å²) in [6.45, 7) is 3.03. The Labute approximate surface area is 116 Å². The summed E-state index contributed by atoms with van der Waals surface area (Å²) in [5, 5.41) is 0. The second-order valence-corrected chi connectivity index (χ2v) is 5.07. The topological polar surface area (TPSA) is 35.2 Å². The first kappa shape index (κ1) is 15.0. The molecule has 0 atom stereocenters. The van der Waals surface area contributed by atoms with Gasteiger partial charge in [-0.25, -0.2) is 0 Å². The number of nitrogens with two attached hydrogens (primary N) is 1. The van der Waals surface area contributed by atoms with Gasteiger partial charge in [0.2, 0.25) is 0 Å². The van der Waals surface area contributed by atoms with E-state index in [4.69, 9.17) is 22.7 Å². The molecule has 0 amide bonds. The van der Waals surface area contributed by atoms with Crippen LogP contribution < -0.4 is 10.5 Å². The summed E-state index contributed by atoms with van der Waals surface area (Å²) in [6, 6.07) is 8.01. The molecule has 0 aliphatic heterocycles. The van der Waals surface area contributed by atoms with Gasteiger partial charge in [-0.15, -0.1) is 0 Å². The van der Waals surface area contributed by atoms with Gasteiger partial charge < -0.3 is 10.5 Å². The van der Waals surface area contributed by atoms with E-state index in [1.165, 1.54) is 25.7 Å². The fourth-order valence-electron chi connectivity index (χ4n) is 1.80. The maximum Gasteiger partial charge on any atom is 0.119 e. The van der Waals surface area contributed by atoms with Crippen molar-refractivity contribution in [1.82, 2.24) is 0 Å². The highest BCUT2D eigenvalue weighted by Crippen LogP contribution is 2.13. The van der Waals surface area contributed by atoms with Crippen LogP contribution in [0.4, 0.5) is 0 Å². The van der Waals surface area contributed by atoms with Crippen molar-refractivity contribution < 1.29 is 4.74 Å². The van der Waals surface area contributed by atoms with E-state index in [-0.39, 0.29) is 0 Å². The lowest BCUT2D eigenvalue weighted by molar-refractivity contribution is 0.304. The molecule has 2 nitrogen and oxygen atoms in total. The minimum atomic E-state index is 0.527. The van der Waals surface area contributed by atoms with Crippen LogP contribution in [-0.4, -0.2) is 11.6 Å². The fraction of sp³-hybridized carbons (Fsp3) is 0.533. The number of ether oxygens (including phenoxy) is 1. The van der Waals surface area contributed by atoms with Gasteiger partial charge in [-0.2, -0.15) is 0 Å². The number of unbranched alkanes of at least 4 members (excludes halogenated alkanes) is 4. The van der Waals surface area contributed by atoms with E-state index in [0.29, 0.717) is 11.4 Å². The molecule has 0 saturated heterocycles. The van der Waals surface area contributed by atoms with E-state index < -0.39 is 0 Å². The van der Waals surface area contributed by atoms with Gasteiger partial charge >= 0.3 is 0 Å². The highest BCUT2D eigenvalue weighted by Gasteiger charge is 1.97. The smallest absolute Gasteiger partial charge is 0.119 e. The monoisotopic (exact) mass is 265 g/mol. The number of benzene rings is 1. The summed E-state index contributed by atoms with van der Waals surface area (Å²) in [7, 11) is 0. The van der Waals surface area contributed by atoms with E-state index in [1.807, 2.05) is 24.3 Å². The molecule has 2 N–H and O–H groups in total. The Balaban J connectivity index is 2.20. The van der Waals surface area contributed by atoms with Crippen molar-refractivity contribution in [3.63, 3.8) is 0 Å². The highest BCUT2D eigenvalue weighted by molar-refractivity contribution is 7.80. The Hall–Kier alpha value is -1.09. The van der Waals surface area contributed by atoms with Gasteiger partial charge in [0.25, 0.3) is 0 Å². The largest absolute Gasteiger partial charge is 0.494 e. The van der Waals surface area contributed by atoms with Crippen LogP contribution in [-0.2, 0) is 6.42 Å². The van der Waals surface area contributed by atoms with Gasteiger partial charge in [0.1, 0.15) is 5.75 Å². The molecule has 3 heteroatoms. The third-order valence-corrected chi connectivity index (χ3v) is 2.96. The Kier molecular flexibility index (Phi) is 7.42. The van der Waals surface area contributed by atoms with Gasteiger partial charge in [-0.05, 0) is 24.1 Å². The zero-order valence-electron chi connectivity index (χ0n) is 11.2. The van der Waals surface area contributed by atoms with Crippen molar-refractivity contribution in [3.05, 3.63) is 29.8 Å². The molecule has 0 heterocycles. The SMILES string of the molecule is CCCCCCCOc1ccc(CC(N)=S)cc1. The van der Waals surface area contributed by atoms with Crippen molar-refractivity contribution in [2.24, 2.45) is 5.73 Å². The predicted octanol–water partition coefficient (Wildman–Crippen LogP) is 3.86. The average molecular weight is 265 g/mol. The van der Waals surface area contributed by atoms with Gasteiger partial charge in [0.05, 0.1) is 11.6 Å². The van der Waals surface area contributed by atoms with E-state index in [2.05, 4.69) is 6.92 Å². The number of thiocarbonyl (C=S) groups is 1. The lowest BCUT2D eigenvalue weighted by atomic mass is 10.1. The first-order valence-electron chi connectivity index (χ1n) is 6.72. The molecule has 18 heavy (non-hydrogen) atoms. The molecule has 0 bridgehead atoms. The minimum absolute atomic E-state index is 0.527. The molecule has 0 saturated carbocycles. The molecule has 0 aliphatic rings. The maximum atomic E-state index is 5.68. The molecular weight excluding hydrogens is 242 g/mol. The molecule has 0 spiro atoms. The zero-order chi connectivity index (χ0) is 13.2. The lowest BCUT2D eigenvalue weighted by Gasteiger charge is -2.07. The zero-order valence-corrected chi connectivity index (χ0v) is 12.0. The standard InChI is InChI=1S/C15H23NOS/c1-2-3-4-5-6-11-17-14-9-7-13(8-10-14)12-15(16)18/h7-10H,2-6,11-12H2,1H3,(H2,16,18). The molecule has 0 fully saturated rings. The van der Waals surface area contributed by atoms with Crippen molar-refractivity contribution in [1.29, 1.82) is 0 Å². The highest BCUT2D eigenvalue weighted by atomic mass is 32.1. The molecule has 0 aromatic heterocycles. The van der Waals surface area contributed by atoms with Crippen molar-refractivity contribution in [2.75, 3.05) is 6.61 Å². The Morgan fingerprint density at radius 1 is 1.11 bits per heavy atom. The quantitative estimate of drug-likeness (QED) is 0.544. The third-order valence-electron chi connectivity index (χ3n) is 2.82. The van der Waals surface area contributed by atoms with Crippen molar-refractivity contribution >= 4 is 17.2 Å². The normalized spacial score (nSPS) is 10.3. The lowest BCUT2D eigenvalue weighted by Crippen LogP contribution is -2.10. The van der Waals surface area contributed by atoms with E-state index in [0.717, 1.165) is 24.3 Å². The molecule has 100 valence electrons. The number of hydrogen-bond acceptors (Lipinski definition) is 2. The second-order valence-electron chi connectivity index (χ2n) is 4.55. The fourth-order valence-corrected chi connectivity index (χ4v) is 1.97. The van der Waals surface area contributed by atoms with Crippen LogP contribution in [0.3, 0.4) is 0 Å². The summed E-state index contributed by atoms with van der Waals surface area (Å²) in [5.74, 6) is 0.928. The summed E-state index contributed by atoms with van der Waals surface area (Å²) in [6.07, 6.45) is 6.97. The first-order chi connectivity index (χ1) is 8.72. The molecule has 1 aromatic rings. The average Bonchev–Trinajstić information content (AvgIpc) is 2.35. The van der Waals surface area contributed by atoms with E-state index in [9.17, 15) is 0 Å². The molecule has 1 rings (SSSR count). The maximum absolute atomic E-state index is 5.68. The Morgan fingerprint density at radius 3 is 2.39 bits per heavy atom. The van der Waals surface area contributed by atoms with Gasteiger partial charge in [-0.3, -0.25) is 0 Å². The van der Waals surface area contributed by atoms with E-state index in [1.54, 1.807) is 0 Å². The third kappa shape index (κ3) is 6.60. The number of rotatable bonds is 9. The van der Waals surface area contributed by atoms with Crippen LogP contribution in [0.1, 0.15) is 44.6 Å². The summed E-state index contributed by atoms with van der Waals surface area (Å²) in [4.78, 5) is 0.527. The van der Waals surface area contributed by atoms with E-state index >= 15 is 0 Å². The molecule has 0 aliphatic carbocycles. The second kappa shape index (κ2) is 8.92. The molecule has 0 radical (unpaired) electrons. The van der Waals surface area contributed by atoms with Gasteiger partial charge in [-0.1, -0.05) is 57.0 Å². The van der Waals surface area contributed by atoms with Crippen LogP contribution in [0.2, 0.25) is 0 Å². The molecule has 0 unspecified atom stereocenters.